The smallest absolute Gasteiger partial charge is 0.240 e. The molecular formula is C13H22N2O2. The predicted molar refractivity (Wildman–Crippen MR) is 65.1 cm³/mol. The molecule has 0 saturated heterocycles. The summed E-state index contributed by atoms with van der Waals surface area (Å²) in [5.41, 5.74) is -0.800. The van der Waals surface area contributed by atoms with Crippen molar-refractivity contribution in [2.75, 3.05) is 6.61 Å². The minimum absolute atomic E-state index is 0.0294. The number of nitrogens with zero attached hydrogens (tertiary/aromatic N) is 1. The zero-order chi connectivity index (χ0) is 12.7. The highest BCUT2D eigenvalue weighted by Crippen LogP contribution is 2.35. The molecule has 0 aromatic heterocycles. The average Bonchev–Trinajstić information content (AvgIpc) is 2.37. The maximum absolute atomic E-state index is 12.1. The molecule has 17 heavy (non-hydrogen) atoms. The summed E-state index contributed by atoms with van der Waals surface area (Å²) in [6, 6.07) is 2.25. The highest BCUT2D eigenvalue weighted by molar-refractivity contribution is 5.85. The quantitative estimate of drug-likeness (QED) is 0.766. The van der Waals surface area contributed by atoms with E-state index in [0.29, 0.717) is 19.3 Å². The van der Waals surface area contributed by atoms with E-state index in [2.05, 4.69) is 11.4 Å². The summed E-state index contributed by atoms with van der Waals surface area (Å²) in [5, 5.41) is 20.9. The fraction of sp³-hybridized carbons (Fsp3) is 0.846. The lowest BCUT2D eigenvalue weighted by Crippen LogP contribution is -2.45. The number of hydrogen-bond acceptors (Lipinski definition) is 3. The molecule has 4 nitrogen and oxygen atoms in total. The molecule has 1 amide bonds. The van der Waals surface area contributed by atoms with E-state index in [4.69, 9.17) is 5.11 Å². The fourth-order valence-corrected chi connectivity index (χ4v) is 2.38. The summed E-state index contributed by atoms with van der Waals surface area (Å²) >= 11 is 0. The molecule has 1 fully saturated rings. The van der Waals surface area contributed by atoms with E-state index in [-0.39, 0.29) is 18.6 Å². The monoisotopic (exact) mass is 238 g/mol. The Balaban J connectivity index is 2.52. The highest BCUT2D eigenvalue weighted by atomic mass is 16.3. The van der Waals surface area contributed by atoms with Gasteiger partial charge in [0.15, 0.2) is 0 Å². The van der Waals surface area contributed by atoms with E-state index >= 15 is 0 Å². The molecule has 1 aliphatic carbocycles. The maximum Gasteiger partial charge on any atom is 0.240 e. The van der Waals surface area contributed by atoms with Gasteiger partial charge in [0.2, 0.25) is 5.91 Å². The minimum Gasteiger partial charge on any atom is -0.396 e. The second kappa shape index (κ2) is 6.61. The number of rotatable bonds is 5. The van der Waals surface area contributed by atoms with Crippen molar-refractivity contribution in [3.8, 4) is 6.07 Å². The Bertz CT molecular complexity index is 290. The van der Waals surface area contributed by atoms with Gasteiger partial charge >= 0.3 is 0 Å². The van der Waals surface area contributed by atoms with Crippen LogP contribution in [-0.2, 0) is 4.79 Å². The van der Waals surface area contributed by atoms with Crippen LogP contribution in [0.2, 0.25) is 0 Å². The first-order valence-corrected chi connectivity index (χ1v) is 6.48. The Kier molecular flexibility index (Phi) is 5.43. The maximum atomic E-state index is 12.1. The van der Waals surface area contributed by atoms with Crippen molar-refractivity contribution in [2.45, 2.75) is 57.9 Å². The van der Waals surface area contributed by atoms with Crippen LogP contribution in [0.3, 0.4) is 0 Å². The number of aliphatic hydroxyl groups is 1. The van der Waals surface area contributed by atoms with Gasteiger partial charge in [-0.1, -0.05) is 19.3 Å². The summed E-state index contributed by atoms with van der Waals surface area (Å²) in [6.45, 7) is 2.06. The second-order valence-electron chi connectivity index (χ2n) is 4.99. The fourth-order valence-electron chi connectivity index (χ4n) is 2.38. The molecule has 96 valence electrons. The van der Waals surface area contributed by atoms with Gasteiger partial charge in [0, 0.05) is 12.6 Å². The lowest BCUT2D eigenvalue weighted by Gasteiger charge is -2.30. The molecule has 1 atom stereocenters. The Morgan fingerprint density at radius 2 is 2.12 bits per heavy atom. The summed E-state index contributed by atoms with van der Waals surface area (Å²) < 4.78 is 0. The number of carbonyl (C=O) groups is 1. The molecule has 1 unspecified atom stereocenters. The first kappa shape index (κ1) is 14.0. The second-order valence-corrected chi connectivity index (χ2v) is 4.99. The first-order chi connectivity index (χ1) is 8.14. The largest absolute Gasteiger partial charge is 0.396 e. The van der Waals surface area contributed by atoms with Crippen LogP contribution in [0.4, 0.5) is 0 Å². The zero-order valence-corrected chi connectivity index (χ0v) is 10.5. The van der Waals surface area contributed by atoms with Crippen molar-refractivity contribution >= 4 is 5.91 Å². The lowest BCUT2D eigenvalue weighted by atomic mass is 9.74. The van der Waals surface area contributed by atoms with Gasteiger partial charge in [-0.05, 0) is 32.6 Å². The van der Waals surface area contributed by atoms with Gasteiger partial charge in [-0.2, -0.15) is 5.26 Å². The normalized spacial score (nSPS) is 20.3. The van der Waals surface area contributed by atoms with E-state index in [1.807, 2.05) is 6.92 Å². The number of amides is 1. The number of hydrogen-bond donors (Lipinski definition) is 2. The standard InChI is InChI=1S/C13H22N2O2/c1-11(6-5-9-16)15-12(17)13(10-14)7-3-2-4-8-13/h11,16H,2-9H2,1H3,(H,15,17). The van der Waals surface area contributed by atoms with Gasteiger partial charge < -0.3 is 10.4 Å². The SMILES string of the molecule is CC(CCCO)NC(=O)C1(C#N)CCCCC1. The lowest BCUT2D eigenvalue weighted by molar-refractivity contribution is -0.130. The summed E-state index contributed by atoms with van der Waals surface area (Å²) in [5.74, 6) is -0.120. The minimum atomic E-state index is -0.800. The molecule has 4 heteroatoms. The molecule has 0 bridgehead atoms. The third kappa shape index (κ3) is 3.71. The van der Waals surface area contributed by atoms with Crippen molar-refractivity contribution in [2.24, 2.45) is 5.41 Å². The average molecular weight is 238 g/mol. The molecule has 0 radical (unpaired) electrons. The van der Waals surface area contributed by atoms with Crippen molar-refractivity contribution in [3.05, 3.63) is 0 Å². The first-order valence-electron chi connectivity index (χ1n) is 6.48. The molecule has 0 aromatic rings. The molecule has 0 spiro atoms. The van der Waals surface area contributed by atoms with Crippen LogP contribution in [0.25, 0.3) is 0 Å². The van der Waals surface area contributed by atoms with Crippen molar-refractivity contribution in [1.82, 2.24) is 5.32 Å². The van der Waals surface area contributed by atoms with Gasteiger partial charge in [-0.25, -0.2) is 0 Å². The van der Waals surface area contributed by atoms with Gasteiger partial charge in [-0.15, -0.1) is 0 Å². The zero-order valence-electron chi connectivity index (χ0n) is 10.5. The predicted octanol–water partition coefficient (Wildman–Crippen LogP) is 1.74. The Morgan fingerprint density at radius 1 is 1.47 bits per heavy atom. The van der Waals surface area contributed by atoms with Crippen LogP contribution >= 0.6 is 0 Å². The number of nitriles is 1. The van der Waals surface area contributed by atoms with E-state index in [9.17, 15) is 10.1 Å². The highest BCUT2D eigenvalue weighted by Gasteiger charge is 2.40. The number of carbonyl (C=O) groups excluding carboxylic acids is 1. The third-order valence-corrected chi connectivity index (χ3v) is 3.53. The summed E-state index contributed by atoms with van der Waals surface area (Å²) in [7, 11) is 0. The molecular weight excluding hydrogens is 216 g/mol. The van der Waals surface area contributed by atoms with Crippen molar-refractivity contribution < 1.29 is 9.90 Å². The van der Waals surface area contributed by atoms with Gasteiger partial charge in [0.1, 0.15) is 5.41 Å². The molecule has 1 rings (SSSR count). The van der Waals surface area contributed by atoms with E-state index in [1.54, 1.807) is 0 Å². The molecule has 2 N–H and O–H groups in total. The van der Waals surface area contributed by atoms with Crippen LogP contribution in [0.15, 0.2) is 0 Å². The van der Waals surface area contributed by atoms with Crippen molar-refractivity contribution in [1.29, 1.82) is 5.26 Å². The van der Waals surface area contributed by atoms with Crippen LogP contribution in [0, 0.1) is 16.7 Å². The van der Waals surface area contributed by atoms with Gasteiger partial charge in [0.05, 0.1) is 6.07 Å². The third-order valence-electron chi connectivity index (χ3n) is 3.53. The molecule has 0 aromatic carbocycles. The topological polar surface area (TPSA) is 73.1 Å². The summed E-state index contributed by atoms with van der Waals surface area (Å²) in [4.78, 5) is 12.1. The summed E-state index contributed by atoms with van der Waals surface area (Å²) in [6.07, 6.45) is 5.85. The van der Waals surface area contributed by atoms with Crippen LogP contribution in [-0.4, -0.2) is 23.7 Å². The van der Waals surface area contributed by atoms with E-state index in [0.717, 1.165) is 25.7 Å². The van der Waals surface area contributed by atoms with Gasteiger partial charge in [-0.3, -0.25) is 4.79 Å². The van der Waals surface area contributed by atoms with E-state index in [1.165, 1.54) is 0 Å². The Hall–Kier alpha value is -1.08. The molecule has 1 saturated carbocycles. The van der Waals surface area contributed by atoms with Crippen LogP contribution < -0.4 is 5.32 Å². The molecule has 0 heterocycles. The van der Waals surface area contributed by atoms with Crippen molar-refractivity contribution in [3.63, 3.8) is 0 Å². The Morgan fingerprint density at radius 3 is 2.65 bits per heavy atom. The molecule has 0 aliphatic heterocycles. The molecule has 1 aliphatic rings. The van der Waals surface area contributed by atoms with Crippen LogP contribution in [0.1, 0.15) is 51.9 Å². The Labute approximate surface area is 103 Å². The number of nitrogens with one attached hydrogen (secondary N) is 1. The van der Waals surface area contributed by atoms with E-state index < -0.39 is 5.41 Å². The van der Waals surface area contributed by atoms with Crippen LogP contribution in [0.5, 0.6) is 0 Å². The van der Waals surface area contributed by atoms with Gasteiger partial charge in [0.25, 0.3) is 0 Å². The number of aliphatic hydroxyl groups excluding tert-OH is 1.